The zero-order chi connectivity index (χ0) is 20.4. The van der Waals surface area contributed by atoms with Gasteiger partial charge in [-0.15, -0.1) is 12.4 Å². The minimum Gasteiger partial charge on any atom is -0.309 e. The first kappa shape index (κ1) is 23.6. The molecule has 0 atom stereocenters. The summed E-state index contributed by atoms with van der Waals surface area (Å²) in [5.41, 5.74) is 3.23. The van der Waals surface area contributed by atoms with E-state index in [-0.39, 0.29) is 18.3 Å². The summed E-state index contributed by atoms with van der Waals surface area (Å²) in [5, 5.41) is 5.85. The third-order valence-corrected chi connectivity index (χ3v) is 6.15. The number of carbonyl (C=O) groups excluding carboxylic acids is 1. The highest BCUT2D eigenvalue weighted by atomic mass is 35.5. The summed E-state index contributed by atoms with van der Waals surface area (Å²) in [6.45, 7) is 8.15. The first-order valence-corrected chi connectivity index (χ1v) is 10.6. The number of rotatable bonds is 7. The molecule has 3 rings (SSSR count). The van der Waals surface area contributed by atoms with Gasteiger partial charge in [0, 0.05) is 23.8 Å². The van der Waals surface area contributed by atoms with E-state index in [2.05, 4.69) is 10.00 Å². The van der Waals surface area contributed by atoms with Crippen LogP contribution in [-0.4, -0.2) is 52.8 Å². The molecule has 29 heavy (non-hydrogen) atoms. The monoisotopic (exact) mass is 455 g/mol. The quantitative estimate of drug-likeness (QED) is 0.513. The summed E-state index contributed by atoms with van der Waals surface area (Å²) >= 11 is 7.77. The maximum Gasteiger partial charge on any atom is 0.280 e. The van der Waals surface area contributed by atoms with Crippen molar-refractivity contribution in [3.05, 3.63) is 40.2 Å². The van der Waals surface area contributed by atoms with E-state index in [9.17, 15) is 4.79 Å². The van der Waals surface area contributed by atoms with Crippen LogP contribution in [0.3, 0.4) is 0 Å². The van der Waals surface area contributed by atoms with E-state index >= 15 is 0 Å². The van der Waals surface area contributed by atoms with Gasteiger partial charge in [0.2, 0.25) is 0 Å². The van der Waals surface area contributed by atoms with Gasteiger partial charge in [-0.25, -0.2) is 4.98 Å². The Balaban J connectivity index is 0.00000300. The highest BCUT2D eigenvalue weighted by molar-refractivity contribution is 7.22. The van der Waals surface area contributed by atoms with Crippen molar-refractivity contribution in [2.45, 2.75) is 33.7 Å². The molecule has 0 aliphatic heterocycles. The van der Waals surface area contributed by atoms with Crippen LogP contribution < -0.4 is 4.90 Å². The predicted octanol–water partition coefficient (Wildman–Crippen LogP) is 4.80. The average Bonchev–Trinajstić information content (AvgIpc) is 3.25. The summed E-state index contributed by atoms with van der Waals surface area (Å²) in [5.74, 6) is -0.114. The van der Waals surface area contributed by atoms with E-state index in [4.69, 9.17) is 16.6 Å². The van der Waals surface area contributed by atoms with Crippen molar-refractivity contribution in [3.8, 4) is 0 Å². The maximum absolute atomic E-state index is 13.3. The predicted molar refractivity (Wildman–Crippen MR) is 124 cm³/mol. The highest BCUT2D eigenvalue weighted by Crippen LogP contribution is 2.34. The molecule has 0 unspecified atom stereocenters. The third-order valence-electron chi connectivity index (χ3n) is 4.70. The number of hydrogen-bond donors (Lipinski definition) is 0. The van der Waals surface area contributed by atoms with Crippen molar-refractivity contribution in [2.24, 2.45) is 0 Å². The molecule has 0 saturated heterocycles. The summed E-state index contributed by atoms with van der Waals surface area (Å²) in [6.07, 6.45) is 0.849. The van der Waals surface area contributed by atoms with Crippen LogP contribution in [0.25, 0.3) is 10.2 Å². The summed E-state index contributed by atoms with van der Waals surface area (Å²) in [4.78, 5) is 21.9. The van der Waals surface area contributed by atoms with Gasteiger partial charge in [0.15, 0.2) is 10.8 Å². The minimum absolute atomic E-state index is 0. The van der Waals surface area contributed by atoms with Crippen molar-refractivity contribution < 1.29 is 4.79 Å². The molecular formula is C20H27Cl2N5OS. The van der Waals surface area contributed by atoms with Crippen LogP contribution in [0.15, 0.2) is 18.2 Å². The fourth-order valence-electron chi connectivity index (χ4n) is 3.11. The maximum atomic E-state index is 13.3. The Morgan fingerprint density at radius 2 is 1.97 bits per heavy atom. The van der Waals surface area contributed by atoms with Gasteiger partial charge in [-0.3, -0.25) is 14.4 Å². The largest absolute Gasteiger partial charge is 0.309 e. The number of thiazole rings is 1. The van der Waals surface area contributed by atoms with Crippen molar-refractivity contribution in [3.63, 3.8) is 0 Å². The van der Waals surface area contributed by atoms with Crippen LogP contribution in [0.5, 0.6) is 0 Å². The first-order chi connectivity index (χ1) is 13.3. The van der Waals surface area contributed by atoms with Gasteiger partial charge in [-0.2, -0.15) is 5.10 Å². The second-order valence-corrected chi connectivity index (χ2v) is 8.53. The summed E-state index contributed by atoms with van der Waals surface area (Å²) < 4.78 is 2.87. The van der Waals surface area contributed by atoms with Gasteiger partial charge < -0.3 is 4.90 Å². The molecule has 158 valence electrons. The number of aryl methyl sites for hydroxylation is 3. The first-order valence-electron chi connectivity index (χ1n) is 9.38. The molecule has 3 aromatic rings. The molecule has 2 heterocycles. The second-order valence-electron chi connectivity index (χ2n) is 7.12. The zero-order valence-electron chi connectivity index (χ0n) is 17.4. The van der Waals surface area contributed by atoms with Crippen LogP contribution in [0.2, 0.25) is 5.02 Å². The van der Waals surface area contributed by atoms with Crippen molar-refractivity contribution in [2.75, 3.05) is 32.1 Å². The molecule has 2 aromatic heterocycles. The molecule has 0 spiro atoms. The van der Waals surface area contributed by atoms with Crippen molar-refractivity contribution in [1.29, 1.82) is 0 Å². The number of nitrogens with zero attached hydrogens (tertiary/aromatic N) is 5. The lowest BCUT2D eigenvalue weighted by Crippen LogP contribution is -2.33. The van der Waals surface area contributed by atoms with Crippen LogP contribution in [0.4, 0.5) is 5.13 Å². The van der Waals surface area contributed by atoms with Gasteiger partial charge in [0.1, 0.15) is 0 Å². The van der Waals surface area contributed by atoms with Gasteiger partial charge in [0.05, 0.1) is 10.2 Å². The zero-order valence-corrected chi connectivity index (χ0v) is 19.8. The highest BCUT2D eigenvalue weighted by Gasteiger charge is 2.24. The van der Waals surface area contributed by atoms with Gasteiger partial charge in [-0.1, -0.05) is 22.9 Å². The number of hydrogen-bond acceptors (Lipinski definition) is 5. The third kappa shape index (κ3) is 5.09. The fourth-order valence-corrected chi connectivity index (χ4v) is 4.31. The minimum atomic E-state index is -0.114. The second kappa shape index (κ2) is 9.89. The Labute approximate surface area is 186 Å². The van der Waals surface area contributed by atoms with Gasteiger partial charge in [0.25, 0.3) is 5.91 Å². The van der Waals surface area contributed by atoms with Crippen molar-refractivity contribution >= 4 is 56.6 Å². The Morgan fingerprint density at radius 3 is 2.59 bits per heavy atom. The lowest BCUT2D eigenvalue weighted by Gasteiger charge is -2.20. The average molecular weight is 456 g/mol. The molecule has 9 heteroatoms. The standard InChI is InChI=1S/C20H26ClN5OS.ClH/c1-6-26-13(2)12-16(23-26)19(27)25(11-7-10-24(4)5)20-22-18-14(3)15(21)8-9-17(18)28-20;/h8-9,12H,6-7,10-11H2,1-5H3;1H. The molecule has 0 radical (unpaired) electrons. The SMILES string of the molecule is CCn1nc(C(=O)N(CCCN(C)C)c2nc3c(C)c(Cl)ccc3s2)cc1C.Cl. The van der Waals surface area contributed by atoms with E-state index in [1.54, 1.807) is 4.90 Å². The lowest BCUT2D eigenvalue weighted by molar-refractivity contribution is 0.0980. The van der Waals surface area contributed by atoms with Crippen LogP contribution in [-0.2, 0) is 6.54 Å². The summed E-state index contributed by atoms with van der Waals surface area (Å²) in [6, 6.07) is 5.69. The molecule has 1 aromatic carbocycles. The lowest BCUT2D eigenvalue weighted by atomic mass is 10.2. The van der Waals surface area contributed by atoms with E-state index in [0.29, 0.717) is 22.4 Å². The number of fused-ring (bicyclic) bond motifs is 1. The molecule has 0 saturated carbocycles. The van der Waals surface area contributed by atoms with Crippen LogP contribution in [0.1, 0.15) is 35.1 Å². The smallest absolute Gasteiger partial charge is 0.280 e. The van der Waals surface area contributed by atoms with Gasteiger partial charge in [-0.05, 0) is 71.6 Å². The molecule has 0 aliphatic rings. The van der Waals surface area contributed by atoms with E-state index in [0.717, 1.165) is 41.0 Å². The molecule has 0 N–H and O–H groups in total. The van der Waals surface area contributed by atoms with E-state index < -0.39 is 0 Å². The topological polar surface area (TPSA) is 54.3 Å². The van der Waals surface area contributed by atoms with E-state index in [1.165, 1.54) is 11.3 Å². The molecule has 6 nitrogen and oxygen atoms in total. The molecule has 0 fully saturated rings. The van der Waals surface area contributed by atoms with E-state index in [1.807, 2.05) is 57.7 Å². The Morgan fingerprint density at radius 1 is 1.24 bits per heavy atom. The fraction of sp³-hybridized carbons (Fsp3) is 0.450. The number of carbonyl (C=O) groups is 1. The van der Waals surface area contributed by atoms with Crippen LogP contribution in [0, 0.1) is 13.8 Å². The number of aromatic nitrogens is 3. The Bertz CT molecular complexity index is 998. The van der Waals surface area contributed by atoms with Crippen molar-refractivity contribution in [1.82, 2.24) is 19.7 Å². The molecule has 0 bridgehead atoms. The van der Waals surface area contributed by atoms with Crippen LogP contribution >= 0.6 is 35.3 Å². The Hall–Kier alpha value is -1.67. The normalized spacial score (nSPS) is 11.1. The number of benzene rings is 1. The summed E-state index contributed by atoms with van der Waals surface area (Å²) in [7, 11) is 4.06. The number of anilines is 1. The molecule has 1 amide bonds. The number of halogens is 2. The Kier molecular flexibility index (Phi) is 8.05. The molecule has 0 aliphatic carbocycles. The van der Waals surface area contributed by atoms with Gasteiger partial charge >= 0.3 is 0 Å². The molecular weight excluding hydrogens is 429 g/mol. The number of amides is 1.